The molecule has 8 nitrogen and oxygen atoms in total. The molecule has 220 valence electrons. The number of ether oxygens (including phenoxy) is 1. The van der Waals surface area contributed by atoms with Gasteiger partial charge < -0.3 is 15.0 Å². The molecule has 11 heteroatoms. The molecule has 0 saturated heterocycles. The van der Waals surface area contributed by atoms with Crippen LogP contribution in [0.4, 0.5) is 5.69 Å². The maximum absolute atomic E-state index is 14.0. The van der Waals surface area contributed by atoms with Gasteiger partial charge in [0, 0.05) is 17.1 Å². The fourth-order valence-corrected chi connectivity index (χ4v) is 6.41. The van der Waals surface area contributed by atoms with Crippen molar-refractivity contribution in [1.29, 1.82) is 0 Å². The minimum Gasteiger partial charge on any atom is -0.496 e. The van der Waals surface area contributed by atoms with Crippen LogP contribution in [-0.4, -0.2) is 50.9 Å². The molecule has 0 unspecified atom stereocenters. The van der Waals surface area contributed by atoms with E-state index < -0.39 is 28.5 Å². The number of methoxy groups -OCH3 is 1. The highest BCUT2D eigenvalue weighted by molar-refractivity contribution is 9.10. The summed E-state index contributed by atoms with van der Waals surface area (Å²) in [7, 11) is -2.71. The highest BCUT2D eigenvalue weighted by atomic mass is 79.9. The molecule has 0 aliphatic rings. The zero-order chi connectivity index (χ0) is 30.3. The predicted molar refractivity (Wildman–Crippen MR) is 168 cm³/mol. The highest BCUT2D eigenvalue weighted by Crippen LogP contribution is 2.31. The van der Waals surface area contributed by atoms with Crippen LogP contribution in [0.25, 0.3) is 0 Å². The van der Waals surface area contributed by atoms with E-state index in [1.165, 1.54) is 24.1 Å². The van der Waals surface area contributed by atoms with Crippen molar-refractivity contribution < 1.29 is 22.7 Å². The SMILES string of the molecule is CC[C@@H](C)NC(=O)[C@H](C)N(Cc1ccc(Br)cc1)C(=O)CN(c1ccc(C)cc1)S(=O)(=O)c1ccc(OC)c(Br)c1. The Hall–Kier alpha value is -2.89. The summed E-state index contributed by atoms with van der Waals surface area (Å²) < 4.78 is 35.7. The van der Waals surface area contributed by atoms with Gasteiger partial charge >= 0.3 is 0 Å². The maximum atomic E-state index is 14.0. The number of benzene rings is 3. The molecule has 0 heterocycles. The van der Waals surface area contributed by atoms with Gasteiger partial charge in [-0.1, -0.05) is 52.7 Å². The number of rotatable bonds is 12. The number of nitrogens with zero attached hydrogens (tertiary/aromatic N) is 2. The van der Waals surface area contributed by atoms with Crippen LogP contribution in [0.15, 0.2) is 80.6 Å². The third-order valence-corrected chi connectivity index (χ3v) is 9.66. The van der Waals surface area contributed by atoms with Crippen molar-refractivity contribution in [2.45, 2.75) is 57.6 Å². The van der Waals surface area contributed by atoms with Crippen molar-refractivity contribution in [3.05, 3.63) is 86.8 Å². The first-order valence-corrected chi connectivity index (χ1v) is 16.2. The van der Waals surface area contributed by atoms with Gasteiger partial charge in [-0.2, -0.15) is 0 Å². The largest absolute Gasteiger partial charge is 0.496 e. The van der Waals surface area contributed by atoms with Gasteiger partial charge in [-0.25, -0.2) is 8.42 Å². The molecule has 2 amide bonds. The summed E-state index contributed by atoms with van der Waals surface area (Å²) >= 11 is 6.78. The van der Waals surface area contributed by atoms with Crippen LogP contribution in [0.2, 0.25) is 0 Å². The third-order valence-electron chi connectivity index (χ3n) is 6.75. The first kappa shape index (κ1) is 32.6. The Labute approximate surface area is 259 Å². The van der Waals surface area contributed by atoms with Crippen molar-refractivity contribution in [3.8, 4) is 5.75 Å². The Bertz CT molecular complexity index is 1460. The second-order valence-corrected chi connectivity index (χ2v) is 13.4. The van der Waals surface area contributed by atoms with E-state index in [0.717, 1.165) is 26.3 Å². The van der Waals surface area contributed by atoms with Gasteiger partial charge in [0.05, 0.1) is 22.2 Å². The van der Waals surface area contributed by atoms with Gasteiger partial charge in [0.1, 0.15) is 18.3 Å². The Balaban J connectivity index is 2.04. The third kappa shape index (κ3) is 8.33. The summed E-state index contributed by atoms with van der Waals surface area (Å²) in [5.74, 6) is -0.353. The molecule has 0 bridgehead atoms. The molecule has 1 N–H and O–H groups in total. The molecule has 0 aliphatic carbocycles. The van der Waals surface area contributed by atoms with E-state index in [9.17, 15) is 18.0 Å². The Morgan fingerprint density at radius 2 is 1.61 bits per heavy atom. The summed E-state index contributed by atoms with van der Waals surface area (Å²) in [6.07, 6.45) is 0.732. The summed E-state index contributed by atoms with van der Waals surface area (Å²) in [5, 5.41) is 2.93. The van der Waals surface area contributed by atoms with Crippen molar-refractivity contribution >= 4 is 59.4 Å². The summed E-state index contributed by atoms with van der Waals surface area (Å²) in [6.45, 7) is 7.02. The van der Waals surface area contributed by atoms with Crippen LogP contribution in [0, 0.1) is 6.92 Å². The maximum Gasteiger partial charge on any atom is 0.264 e. The Morgan fingerprint density at radius 3 is 2.17 bits per heavy atom. The molecule has 3 aromatic carbocycles. The molecule has 0 radical (unpaired) electrons. The minimum atomic E-state index is -4.20. The molecular weight excluding hydrogens is 674 g/mol. The molecule has 0 aromatic heterocycles. The van der Waals surface area contributed by atoms with Gasteiger partial charge in [-0.15, -0.1) is 0 Å². The number of halogens is 2. The number of hydrogen-bond acceptors (Lipinski definition) is 5. The quantitative estimate of drug-likeness (QED) is 0.247. The molecule has 0 fully saturated rings. The Morgan fingerprint density at radius 1 is 0.976 bits per heavy atom. The predicted octanol–water partition coefficient (Wildman–Crippen LogP) is 6.06. The molecule has 0 spiro atoms. The van der Waals surface area contributed by atoms with Crippen molar-refractivity contribution in [1.82, 2.24) is 10.2 Å². The molecule has 0 saturated carbocycles. The topological polar surface area (TPSA) is 96.0 Å². The average molecular weight is 710 g/mol. The van der Waals surface area contributed by atoms with Crippen molar-refractivity contribution in [2.24, 2.45) is 0 Å². The summed E-state index contributed by atoms with van der Waals surface area (Å²) in [4.78, 5) is 28.6. The lowest BCUT2D eigenvalue weighted by molar-refractivity contribution is -0.139. The van der Waals surface area contributed by atoms with Gasteiger partial charge in [0.15, 0.2) is 0 Å². The lowest BCUT2D eigenvalue weighted by atomic mass is 10.1. The summed E-state index contributed by atoms with van der Waals surface area (Å²) in [5.41, 5.74) is 2.07. The monoisotopic (exact) mass is 707 g/mol. The van der Waals surface area contributed by atoms with Crippen LogP contribution >= 0.6 is 31.9 Å². The molecular formula is C30H35Br2N3O5S. The van der Waals surface area contributed by atoms with Gasteiger partial charge in [0.25, 0.3) is 10.0 Å². The first-order chi connectivity index (χ1) is 19.4. The van der Waals surface area contributed by atoms with Crippen LogP contribution in [0.1, 0.15) is 38.3 Å². The van der Waals surface area contributed by atoms with Gasteiger partial charge in [-0.3, -0.25) is 13.9 Å². The summed E-state index contributed by atoms with van der Waals surface area (Å²) in [6, 6.07) is 17.8. The van der Waals surface area contributed by atoms with E-state index in [2.05, 4.69) is 37.2 Å². The van der Waals surface area contributed by atoms with Crippen LogP contribution in [-0.2, 0) is 26.2 Å². The smallest absolute Gasteiger partial charge is 0.264 e. The van der Waals surface area contributed by atoms with Gasteiger partial charge in [0.2, 0.25) is 11.8 Å². The normalized spacial score (nSPS) is 12.8. The van der Waals surface area contributed by atoms with E-state index in [4.69, 9.17) is 4.74 Å². The highest BCUT2D eigenvalue weighted by Gasteiger charge is 2.33. The number of amides is 2. The van der Waals surface area contributed by atoms with Crippen molar-refractivity contribution in [3.63, 3.8) is 0 Å². The number of carbonyl (C=O) groups is 2. The van der Waals surface area contributed by atoms with Gasteiger partial charge in [-0.05, 0) is 91.1 Å². The number of aryl methyl sites for hydroxylation is 1. The van der Waals surface area contributed by atoms with E-state index in [1.54, 1.807) is 37.3 Å². The number of hydrogen-bond donors (Lipinski definition) is 1. The molecule has 2 atom stereocenters. The van der Waals surface area contributed by atoms with Crippen LogP contribution in [0.5, 0.6) is 5.75 Å². The fourth-order valence-electron chi connectivity index (χ4n) is 4.01. The number of carbonyl (C=O) groups excluding carboxylic acids is 2. The van der Waals surface area contributed by atoms with E-state index in [-0.39, 0.29) is 23.4 Å². The second-order valence-electron chi connectivity index (χ2n) is 9.79. The number of nitrogens with one attached hydrogen (secondary N) is 1. The van der Waals surface area contributed by atoms with Crippen LogP contribution < -0.4 is 14.4 Å². The zero-order valence-corrected chi connectivity index (χ0v) is 27.7. The van der Waals surface area contributed by atoms with Crippen LogP contribution in [0.3, 0.4) is 0 Å². The van der Waals surface area contributed by atoms with Crippen molar-refractivity contribution in [2.75, 3.05) is 18.0 Å². The number of sulfonamides is 1. The minimum absolute atomic E-state index is 0.0134. The second kappa shape index (κ2) is 14.3. The lowest BCUT2D eigenvalue weighted by Gasteiger charge is -2.32. The first-order valence-electron chi connectivity index (χ1n) is 13.1. The molecule has 0 aliphatic heterocycles. The number of anilines is 1. The van der Waals surface area contributed by atoms with E-state index >= 15 is 0 Å². The molecule has 3 rings (SSSR count). The fraction of sp³-hybridized carbons (Fsp3) is 0.333. The van der Waals surface area contributed by atoms with E-state index in [0.29, 0.717) is 15.9 Å². The molecule has 3 aromatic rings. The zero-order valence-electron chi connectivity index (χ0n) is 23.7. The molecule has 41 heavy (non-hydrogen) atoms. The average Bonchev–Trinajstić information content (AvgIpc) is 2.95. The lowest BCUT2D eigenvalue weighted by Crippen LogP contribution is -2.52. The Kier molecular flexibility index (Phi) is 11.4. The standard InChI is InChI=1S/C30H35Br2N3O5S/c1-6-21(3)33-30(37)22(4)34(18-23-9-11-24(31)12-10-23)29(36)19-35(25-13-7-20(2)8-14-25)41(38,39)26-15-16-28(40-5)27(32)17-26/h7-17,21-22H,6,18-19H2,1-5H3,(H,33,37)/t21-,22+/m1/s1. The van der Waals surface area contributed by atoms with E-state index in [1.807, 2.05) is 45.0 Å².